The van der Waals surface area contributed by atoms with E-state index >= 15 is 0 Å². The Hall–Kier alpha value is -3.43. The van der Waals surface area contributed by atoms with Gasteiger partial charge in [0.25, 0.3) is 5.91 Å². The highest BCUT2D eigenvalue weighted by Gasteiger charge is 2.34. The third-order valence-electron chi connectivity index (χ3n) is 3.80. The van der Waals surface area contributed by atoms with Gasteiger partial charge >= 0.3 is 6.18 Å². The lowest BCUT2D eigenvalue weighted by Gasteiger charge is -2.14. The highest BCUT2D eigenvalue weighted by molar-refractivity contribution is 5.95. The van der Waals surface area contributed by atoms with Crippen molar-refractivity contribution < 1.29 is 22.4 Å². The minimum absolute atomic E-state index is 0.211. The summed E-state index contributed by atoms with van der Waals surface area (Å²) < 4.78 is 50.6. The Bertz CT molecular complexity index is 975. The molecule has 0 saturated carbocycles. The highest BCUT2D eigenvalue weighted by atomic mass is 19.4. The van der Waals surface area contributed by atoms with E-state index in [1.165, 1.54) is 30.6 Å². The topological polar surface area (TPSA) is 80.7 Å². The van der Waals surface area contributed by atoms with E-state index in [0.29, 0.717) is 16.8 Å². The van der Waals surface area contributed by atoms with Crippen molar-refractivity contribution in [3.05, 3.63) is 72.0 Å². The predicted molar refractivity (Wildman–Crippen MR) is 90.3 cm³/mol. The summed E-state index contributed by atoms with van der Waals surface area (Å²) in [6.45, 7) is 1.59. The first-order chi connectivity index (χ1) is 13.2. The molecule has 0 aliphatic carbocycles. The van der Waals surface area contributed by atoms with Gasteiger partial charge < -0.3 is 5.32 Å². The van der Waals surface area contributed by atoms with Crippen LogP contribution in [0.1, 0.15) is 34.7 Å². The molecule has 28 heavy (non-hydrogen) atoms. The van der Waals surface area contributed by atoms with Crippen LogP contribution >= 0.6 is 0 Å². The number of aromatic nitrogens is 4. The van der Waals surface area contributed by atoms with Gasteiger partial charge in [0.2, 0.25) is 5.82 Å². The Morgan fingerprint density at radius 1 is 1.04 bits per heavy atom. The minimum Gasteiger partial charge on any atom is -0.345 e. The zero-order valence-electron chi connectivity index (χ0n) is 14.4. The minimum atomic E-state index is -4.63. The number of nitrogens with zero attached hydrogens (tertiary/aromatic N) is 4. The maximum absolute atomic E-state index is 13.0. The normalized spacial score (nSPS) is 12.5. The molecule has 3 aromatic heterocycles. The molecule has 0 saturated heterocycles. The maximum atomic E-state index is 13.0. The van der Waals surface area contributed by atoms with Crippen molar-refractivity contribution in [2.24, 2.45) is 0 Å². The number of carbonyl (C=O) groups is 1. The number of halogens is 4. The maximum Gasteiger partial charge on any atom is 0.451 e. The molecule has 0 aliphatic heterocycles. The number of carbonyl (C=O) groups excluding carboxylic acids is 1. The number of amides is 1. The van der Waals surface area contributed by atoms with Crippen molar-refractivity contribution in [2.75, 3.05) is 0 Å². The van der Waals surface area contributed by atoms with Gasteiger partial charge in [0.1, 0.15) is 5.82 Å². The Kier molecular flexibility index (Phi) is 5.30. The third-order valence-corrected chi connectivity index (χ3v) is 3.80. The van der Waals surface area contributed by atoms with Gasteiger partial charge in [0.15, 0.2) is 0 Å². The Balaban J connectivity index is 1.74. The number of nitrogens with one attached hydrogen (secondary N) is 1. The lowest BCUT2D eigenvalue weighted by molar-refractivity contribution is -0.145. The average Bonchev–Trinajstić information content (AvgIpc) is 2.68. The largest absolute Gasteiger partial charge is 0.451 e. The molecule has 1 atom stereocenters. The molecule has 0 unspecified atom stereocenters. The van der Waals surface area contributed by atoms with Crippen LogP contribution in [0.5, 0.6) is 0 Å². The monoisotopic (exact) mass is 391 g/mol. The summed E-state index contributed by atoms with van der Waals surface area (Å²) in [5.74, 6) is -2.24. The molecule has 10 heteroatoms. The van der Waals surface area contributed by atoms with Crippen molar-refractivity contribution in [3.8, 4) is 11.3 Å². The molecule has 0 radical (unpaired) electrons. The molecule has 0 fully saturated rings. The number of pyridine rings is 2. The van der Waals surface area contributed by atoms with Crippen LogP contribution in [-0.2, 0) is 6.18 Å². The van der Waals surface area contributed by atoms with Crippen LogP contribution in [-0.4, -0.2) is 25.8 Å². The Labute approximate surface area is 156 Å². The molecule has 0 aromatic carbocycles. The van der Waals surface area contributed by atoms with Gasteiger partial charge in [0.05, 0.1) is 23.5 Å². The summed E-state index contributed by atoms with van der Waals surface area (Å²) in [5, 5.41) is 2.64. The van der Waals surface area contributed by atoms with E-state index in [4.69, 9.17) is 0 Å². The van der Waals surface area contributed by atoms with Crippen LogP contribution in [0, 0.1) is 5.82 Å². The first-order valence-electron chi connectivity index (χ1n) is 8.01. The molecule has 3 aromatic rings. The van der Waals surface area contributed by atoms with Gasteiger partial charge in [-0.05, 0) is 25.1 Å². The van der Waals surface area contributed by atoms with Gasteiger partial charge in [-0.25, -0.2) is 14.4 Å². The highest BCUT2D eigenvalue weighted by Crippen LogP contribution is 2.26. The fraction of sp³-hybridized carbons (Fsp3) is 0.167. The Morgan fingerprint density at radius 2 is 1.75 bits per heavy atom. The summed E-state index contributed by atoms with van der Waals surface area (Å²) in [7, 11) is 0. The molecular weight excluding hydrogens is 378 g/mol. The summed E-state index contributed by atoms with van der Waals surface area (Å²) in [5.41, 5.74) is 1.47. The van der Waals surface area contributed by atoms with Crippen molar-refractivity contribution in [3.63, 3.8) is 0 Å². The molecule has 3 heterocycles. The van der Waals surface area contributed by atoms with Gasteiger partial charge in [-0.2, -0.15) is 13.2 Å². The summed E-state index contributed by atoms with van der Waals surface area (Å²) >= 11 is 0. The fourth-order valence-corrected chi connectivity index (χ4v) is 2.32. The van der Waals surface area contributed by atoms with Crippen molar-refractivity contribution >= 4 is 5.91 Å². The van der Waals surface area contributed by atoms with Crippen molar-refractivity contribution in [2.45, 2.75) is 19.1 Å². The van der Waals surface area contributed by atoms with E-state index in [2.05, 4.69) is 25.3 Å². The zero-order valence-corrected chi connectivity index (χ0v) is 14.4. The molecule has 6 nitrogen and oxygen atoms in total. The van der Waals surface area contributed by atoms with Crippen LogP contribution in [0.3, 0.4) is 0 Å². The number of hydrogen-bond acceptors (Lipinski definition) is 5. The quantitative estimate of drug-likeness (QED) is 0.688. The van der Waals surface area contributed by atoms with Crippen LogP contribution in [0.2, 0.25) is 0 Å². The fourth-order valence-electron chi connectivity index (χ4n) is 2.32. The average molecular weight is 391 g/mol. The second kappa shape index (κ2) is 7.67. The molecule has 3 rings (SSSR count). The smallest absolute Gasteiger partial charge is 0.345 e. The third kappa shape index (κ3) is 4.45. The molecule has 1 amide bonds. The van der Waals surface area contributed by atoms with E-state index in [1.54, 1.807) is 6.92 Å². The first kappa shape index (κ1) is 19.3. The van der Waals surface area contributed by atoms with Crippen LogP contribution in [0.15, 0.2) is 49.2 Å². The van der Waals surface area contributed by atoms with Crippen LogP contribution in [0.25, 0.3) is 11.3 Å². The Morgan fingerprint density at radius 3 is 2.36 bits per heavy atom. The molecule has 1 N–H and O–H groups in total. The number of alkyl halides is 3. The zero-order chi connectivity index (χ0) is 20.3. The summed E-state index contributed by atoms with van der Waals surface area (Å²) in [6.07, 6.45) is 1.25. The van der Waals surface area contributed by atoms with Gasteiger partial charge in [-0.15, -0.1) is 0 Å². The first-order valence-corrected chi connectivity index (χ1v) is 8.01. The van der Waals surface area contributed by atoms with Crippen LogP contribution in [0.4, 0.5) is 17.6 Å². The van der Waals surface area contributed by atoms with E-state index < -0.39 is 29.8 Å². The van der Waals surface area contributed by atoms with E-state index in [1.807, 2.05) is 0 Å². The molecular formula is C18H13F4N5O. The van der Waals surface area contributed by atoms with Crippen molar-refractivity contribution in [1.82, 2.24) is 25.3 Å². The molecule has 0 spiro atoms. The van der Waals surface area contributed by atoms with Crippen LogP contribution < -0.4 is 5.32 Å². The number of hydrogen-bond donors (Lipinski definition) is 1. The second-order valence-electron chi connectivity index (χ2n) is 5.86. The van der Waals surface area contributed by atoms with E-state index in [0.717, 1.165) is 18.6 Å². The standard InChI is InChI=1S/C18H13F4N5O/c1-10(13-7-25-17(26-8-13)18(20,21)22)27-16(28)12-4-11(5-23-6-12)15-3-2-14(19)9-24-15/h2-10H,1H3,(H,27,28)/t10-/m1/s1. The van der Waals surface area contributed by atoms with Gasteiger partial charge in [-0.3, -0.25) is 14.8 Å². The van der Waals surface area contributed by atoms with Gasteiger partial charge in [-0.1, -0.05) is 0 Å². The lowest BCUT2D eigenvalue weighted by atomic mass is 10.1. The summed E-state index contributed by atoms with van der Waals surface area (Å²) in [4.78, 5) is 26.9. The second-order valence-corrected chi connectivity index (χ2v) is 5.86. The van der Waals surface area contributed by atoms with Gasteiger partial charge in [0, 0.05) is 35.9 Å². The predicted octanol–water partition coefficient (Wildman–Crippen LogP) is 3.58. The van der Waals surface area contributed by atoms with E-state index in [-0.39, 0.29) is 5.56 Å². The van der Waals surface area contributed by atoms with Crippen molar-refractivity contribution in [1.29, 1.82) is 0 Å². The molecule has 0 aliphatic rings. The SMILES string of the molecule is C[C@@H](NC(=O)c1cncc(-c2ccc(F)cn2)c1)c1cnc(C(F)(F)F)nc1. The summed E-state index contributed by atoms with van der Waals surface area (Å²) in [6, 6.07) is 3.58. The van der Waals surface area contributed by atoms with E-state index in [9.17, 15) is 22.4 Å². The lowest BCUT2D eigenvalue weighted by Crippen LogP contribution is -2.27. The number of rotatable bonds is 4. The molecule has 144 valence electrons. The molecule has 0 bridgehead atoms.